The second-order valence-electron chi connectivity index (χ2n) is 7.78. The molecule has 3 unspecified atom stereocenters. The van der Waals surface area contributed by atoms with Crippen molar-refractivity contribution in [1.29, 1.82) is 0 Å². The highest BCUT2D eigenvalue weighted by Crippen LogP contribution is 2.52. The van der Waals surface area contributed by atoms with Gasteiger partial charge < -0.3 is 10.6 Å². The van der Waals surface area contributed by atoms with E-state index in [1.54, 1.807) is 0 Å². The van der Waals surface area contributed by atoms with Crippen LogP contribution in [0.5, 0.6) is 0 Å². The molecule has 2 aliphatic rings. The van der Waals surface area contributed by atoms with E-state index < -0.39 is 0 Å². The molecule has 2 fully saturated rings. The number of likely N-dealkylation sites (tertiary alicyclic amines) is 1. The molecular formula is C15H28N2O. The number of carbonyl (C=O) groups is 1. The first kappa shape index (κ1) is 13.9. The molecule has 0 aromatic rings. The summed E-state index contributed by atoms with van der Waals surface area (Å²) in [5, 5.41) is 0. The summed E-state index contributed by atoms with van der Waals surface area (Å²) in [4.78, 5) is 14.5. The predicted molar refractivity (Wildman–Crippen MR) is 74.1 cm³/mol. The lowest BCUT2D eigenvalue weighted by Crippen LogP contribution is -2.38. The second kappa shape index (κ2) is 4.52. The van der Waals surface area contributed by atoms with Crippen LogP contribution < -0.4 is 5.73 Å². The first-order valence-corrected chi connectivity index (χ1v) is 7.24. The van der Waals surface area contributed by atoms with Gasteiger partial charge in [0, 0.05) is 19.0 Å². The van der Waals surface area contributed by atoms with E-state index in [-0.39, 0.29) is 0 Å². The minimum Gasteiger partial charge on any atom is -0.339 e. The summed E-state index contributed by atoms with van der Waals surface area (Å²) in [5.74, 6) is 0.623. The summed E-state index contributed by atoms with van der Waals surface area (Å²) in [7, 11) is 0. The van der Waals surface area contributed by atoms with Crippen molar-refractivity contribution < 1.29 is 4.79 Å². The van der Waals surface area contributed by atoms with Crippen LogP contribution in [0.3, 0.4) is 0 Å². The molecule has 104 valence electrons. The van der Waals surface area contributed by atoms with Crippen molar-refractivity contribution in [1.82, 2.24) is 4.90 Å². The summed E-state index contributed by atoms with van der Waals surface area (Å²) in [6.07, 6.45) is 4.21. The Labute approximate surface area is 111 Å². The number of carbonyl (C=O) groups excluding carboxylic acids is 1. The molecular weight excluding hydrogens is 224 g/mol. The molecule has 2 N–H and O–H groups in total. The molecule has 1 saturated carbocycles. The van der Waals surface area contributed by atoms with Crippen LogP contribution in [0.4, 0.5) is 0 Å². The van der Waals surface area contributed by atoms with Crippen molar-refractivity contribution in [2.24, 2.45) is 22.5 Å². The lowest BCUT2D eigenvalue weighted by Gasteiger charge is -2.39. The molecule has 3 atom stereocenters. The molecule has 0 spiro atoms. The van der Waals surface area contributed by atoms with Crippen LogP contribution in [0.25, 0.3) is 0 Å². The lowest BCUT2D eigenvalue weighted by molar-refractivity contribution is -0.133. The van der Waals surface area contributed by atoms with Gasteiger partial charge in [0.15, 0.2) is 0 Å². The summed E-state index contributed by atoms with van der Waals surface area (Å²) in [6, 6.07) is 0.469. The van der Waals surface area contributed by atoms with Crippen LogP contribution in [0.2, 0.25) is 0 Å². The number of nitrogens with zero attached hydrogens (tertiary/aromatic N) is 1. The van der Waals surface area contributed by atoms with Crippen molar-refractivity contribution in [3.8, 4) is 0 Å². The minimum atomic E-state index is 0.304. The summed E-state index contributed by atoms with van der Waals surface area (Å²) >= 11 is 0. The zero-order chi connectivity index (χ0) is 13.6. The number of fused-ring (bicyclic) bond motifs is 2. The monoisotopic (exact) mass is 252 g/mol. The van der Waals surface area contributed by atoms with Gasteiger partial charge >= 0.3 is 0 Å². The van der Waals surface area contributed by atoms with Crippen LogP contribution in [0.15, 0.2) is 0 Å². The Morgan fingerprint density at radius 2 is 2.06 bits per heavy atom. The maximum Gasteiger partial charge on any atom is 0.223 e. The molecule has 18 heavy (non-hydrogen) atoms. The Kier molecular flexibility index (Phi) is 3.48. The molecule has 2 bridgehead atoms. The van der Waals surface area contributed by atoms with Gasteiger partial charge in [-0.25, -0.2) is 0 Å². The fraction of sp³-hybridized carbons (Fsp3) is 0.933. The van der Waals surface area contributed by atoms with Crippen molar-refractivity contribution in [3.63, 3.8) is 0 Å². The van der Waals surface area contributed by atoms with Crippen molar-refractivity contribution in [3.05, 3.63) is 0 Å². The van der Waals surface area contributed by atoms with E-state index in [2.05, 4.69) is 32.6 Å². The Hall–Kier alpha value is -0.570. The highest BCUT2D eigenvalue weighted by atomic mass is 16.2. The number of hydrogen-bond acceptors (Lipinski definition) is 2. The summed E-state index contributed by atoms with van der Waals surface area (Å²) < 4.78 is 0. The van der Waals surface area contributed by atoms with Crippen LogP contribution in [-0.2, 0) is 4.79 Å². The smallest absolute Gasteiger partial charge is 0.223 e. The van der Waals surface area contributed by atoms with Crippen LogP contribution in [0, 0.1) is 16.7 Å². The van der Waals surface area contributed by atoms with Gasteiger partial charge in [-0.05, 0) is 42.6 Å². The van der Waals surface area contributed by atoms with Crippen LogP contribution in [-0.4, -0.2) is 29.9 Å². The number of rotatable bonds is 3. The van der Waals surface area contributed by atoms with E-state index in [1.165, 1.54) is 12.8 Å². The molecule has 3 heteroatoms. The largest absolute Gasteiger partial charge is 0.339 e. The lowest BCUT2D eigenvalue weighted by atomic mass is 9.65. The maximum atomic E-state index is 12.4. The van der Waals surface area contributed by atoms with Gasteiger partial charge in [-0.3, -0.25) is 4.79 Å². The first-order valence-electron chi connectivity index (χ1n) is 7.24. The zero-order valence-electron chi connectivity index (χ0n) is 12.3. The molecule has 2 rings (SSSR count). The van der Waals surface area contributed by atoms with E-state index in [0.717, 1.165) is 13.0 Å². The van der Waals surface area contributed by atoms with E-state index in [9.17, 15) is 4.79 Å². The topological polar surface area (TPSA) is 46.3 Å². The van der Waals surface area contributed by atoms with E-state index in [0.29, 0.717) is 41.7 Å². The maximum absolute atomic E-state index is 12.4. The van der Waals surface area contributed by atoms with Gasteiger partial charge in [-0.15, -0.1) is 0 Å². The predicted octanol–water partition coefficient (Wildman–Crippen LogP) is 2.40. The third kappa shape index (κ3) is 2.71. The number of hydrogen-bond donors (Lipinski definition) is 1. The number of amides is 1. The van der Waals surface area contributed by atoms with Gasteiger partial charge in [0.25, 0.3) is 0 Å². The minimum absolute atomic E-state index is 0.304. The molecule has 1 saturated heterocycles. The second-order valence-corrected chi connectivity index (χ2v) is 7.78. The average Bonchev–Trinajstić information content (AvgIpc) is 2.47. The summed E-state index contributed by atoms with van der Waals surface area (Å²) in [5.41, 5.74) is 6.35. The Morgan fingerprint density at radius 3 is 2.67 bits per heavy atom. The molecule has 0 radical (unpaired) electrons. The van der Waals surface area contributed by atoms with Crippen LogP contribution >= 0.6 is 0 Å². The first-order chi connectivity index (χ1) is 8.25. The van der Waals surface area contributed by atoms with Crippen molar-refractivity contribution in [2.45, 2.75) is 59.4 Å². The van der Waals surface area contributed by atoms with Crippen LogP contribution in [0.1, 0.15) is 53.4 Å². The van der Waals surface area contributed by atoms with Gasteiger partial charge in [-0.2, -0.15) is 0 Å². The van der Waals surface area contributed by atoms with Crippen molar-refractivity contribution in [2.75, 3.05) is 13.1 Å². The third-order valence-corrected chi connectivity index (χ3v) is 4.66. The van der Waals surface area contributed by atoms with E-state index in [1.807, 2.05) is 0 Å². The Bertz CT molecular complexity index is 339. The fourth-order valence-corrected chi connectivity index (χ4v) is 4.25. The zero-order valence-corrected chi connectivity index (χ0v) is 12.3. The molecule has 0 aromatic carbocycles. The molecule has 1 amide bonds. The van der Waals surface area contributed by atoms with E-state index in [4.69, 9.17) is 5.73 Å². The third-order valence-electron chi connectivity index (χ3n) is 4.66. The molecule has 1 aliphatic carbocycles. The standard InChI is InChI=1S/C15H28N2O/c1-11(8-16)5-13(18)17-10-15(4)7-12(17)6-14(2,3)9-15/h11-12H,5-10,16H2,1-4H3. The SMILES string of the molecule is CC(CN)CC(=O)N1CC2(C)CC1CC(C)(C)C2. The molecule has 0 aromatic heterocycles. The molecule has 3 nitrogen and oxygen atoms in total. The van der Waals surface area contributed by atoms with Gasteiger partial charge in [0.1, 0.15) is 0 Å². The number of nitrogens with two attached hydrogens (primary N) is 1. The van der Waals surface area contributed by atoms with Gasteiger partial charge in [-0.1, -0.05) is 27.7 Å². The quantitative estimate of drug-likeness (QED) is 0.838. The highest BCUT2D eigenvalue weighted by Gasteiger charge is 2.50. The highest BCUT2D eigenvalue weighted by molar-refractivity contribution is 5.77. The average molecular weight is 252 g/mol. The van der Waals surface area contributed by atoms with E-state index >= 15 is 0 Å². The van der Waals surface area contributed by atoms with Gasteiger partial charge in [0.2, 0.25) is 5.91 Å². The Balaban J connectivity index is 2.06. The molecule has 1 heterocycles. The summed E-state index contributed by atoms with van der Waals surface area (Å²) in [6.45, 7) is 10.7. The van der Waals surface area contributed by atoms with Crippen molar-refractivity contribution >= 4 is 5.91 Å². The Morgan fingerprint density at radius 1 is 1.39 bits per heavy atom. The molecule has 1 aliphatic heterocycles. The van der Waals surface area contributed by atoms with Gasteiger partial charge in [0.05, 0.1) is 0 Å². The fourth-order valence-electron chi connectivity index (χ4n) is 4.25. The normalized spacial score (nSPS) is 35.6.